The molecule has 1 nitrogen and oxygen atoms in total. The first-order valence-electron chi connectivity index (χ1n) is 0.224. The van der Waals surface area contributed by atoms with E-state index >= 15 is 0 Å². The fourth-order valence-electron chi connectivity index (χ4n) is 0. The first-order chi connectivity index (χ1) is 1.00. The van der Waals surface area contributed by atoms with Gasteiger partial charge in [-0.2, -0.15) is 0 Å². The second kappa shape index (κ2) is 19.7. The molecule has 0 heterocycles. The topological polar surface area (TPSA) is 23.8 Å². The fraction of sp³-hybridized carbons (Fsp3) is 0. The van der Waals surface area contributed by atoms with E-state index in [1.54, 1.807) is 0 Å². The van der Waals surface area contributed by atoms with E-state index < -0.39 is 0 Å². The monoisotopic (exact) mass is 180 g/mol. The van der Waals surface area contributed by atoms with Crippen LogP contribution in [-0.2, 0) is 27.3 Å². The van der Waals surface area contributed by atoms with Crippen molar-refractivity contribution in [2.24, 2.45) is 0 Å². The van der Waals surface area contributed by atoms with Crippen molar-refractivity contribution >= 4 is 0 Å². The average Bonchev–Trinajstić information content (AvgIpc) is 1.00. The fourth-order valence-corrected chi connectivity index (χ4v) is 0. The third-order valence-corrected chi connectivity index (χ3v) is 0. The van der Waals surface area contributed by atoms with Crippen molar-refractivity contribution in [2.75, 3.05) is 0 Å². The molecule has 0 N–H and O–H groups in total. The van der Waals surface area contributed by atoms with Crippen molar-refractivity contribution in [3.8, 4) is 0 Å². The van der Waals surface area contributed by atoms with Crippen LogP contribution < -0.4 is 51.4 Å². The average molecular weight is 179 g/mol. The van der Waals surface area contributed by atoms with E-state index in [-0.39, 0.29) is 80.1 Å². The van der Waals surface area contributed by atoms with Gasteiger partial charge in [-0.1, -0.05) is 0 Å². The molecule has 3 heteroatoms. The normalized spacial score (nSPS) is 0.500. The van der Waals surface area contributed by atoms with Crippen LogP contribution in [-0.4, -0.2) is 0 Å². The Hall–Kier alpha value is 2.05. The Morgan fingerprint density at radius 3 is 1.50 bits per heavy atom. The van der Waals surface area contributed by atoms with Crippen LogP contribution in [0.5, 0.6) is 0 Å². The molecule has 0 aromatic rings. The molecule has 0 unspecified atom stereocenters. The van der Waals surface area contributed by atoms with Crippen LogP contribution in [0.1, 0.15) is 1.43 Å². The van der Waals surface area contributed by atoms with E-state index in [1.165, 1.54) is 0 Å². The third kappa shape index (κ3) is 8.97. The van der Waals surface area contributed by atoms with Crippen molar-refractivity contribution in [3.05, 3.63) is 6.57 Å². The Bertz CT molecular complexity index is 16.4. The molecule has 4 heavy (non-hydrogen) atoms. The standard InChI is InChI=1S/CN.Cd.K.H/c1-2;;;/q-1;;+1;-1. The van der Waals surface area contributed by atoms with Crippen LogP contribution >= 0.6 is 0 Å². The Morgan fingerprint density at radius 2 is 1.50 bits per heavy atom. The molecule has 0 radical (unpaired) electrons. The van der Waals surface area contributed by atoms with Gasteiger partial charge in [0, 0.05) is 27.3 Å². The second-order valence-corrected chi connectivity index (χ2v) is 0. The summed E-state index contributed by atoms with van der Waals surface area (Å²) in [6.45, 7) is 4.75. The van der Waals surface area contributed by atoms with Gasteiger partial charge >= 0.3 is 51.4 Å². The van der Waals surface area contributed by atoms with E-state index in [2.05, 4.69) is 0 Å². The molecule has 14 valence electrons. The minimum absolute atomic E-state index is 0. The summed E-state index contributed by atoms with van der Waals surface area (Å²) >= 11 is 0. The summed E-state index contributed by atoms with van der Waals surface area (Å²) in [5, 5.41) is 6.25. The zero-order valence-electron chi connectivity index (χ0n) is 3.65. The van der Waals surface area contributed by atoms with Gasteiger partial charge in [-0.3, -0.25) is 0 Å². The summed E-state index contributed by atoms with van der Waals surface area (Å²) in [6, 6.07) is 0. The smallest absolute Gasteiger partial charge is 1.00 e. The molecule has 0 spiro atoms. The van der Waals surface area contributed by atoms with E-state index in [0.717, 1.165) is 0 Å². The van der Waals surface area contributed by atoms with Crippen LogP contribution in [0.2, 0.25) is 0 Å². The van der Waals surface area contributed by atoms with Gasteiger partial charge in [0.1, 0.15) is 0 Å². The van der Waals surface area contributed by atoms with Crippen LogP contribution in [0, 0.1) is 11.8 Å². The zero-order valence-corrected chi connectivity index (χ0v) is 9.81. The predicted molar refractivity (Wildman–Crippen MR) is 6.08 cm³/mol. The van der Waals surface area contributed by atoms with Crippen molar-refractivity contribution in [1.29, 1.82) is 5.26 Å². The number of hydrogen-bond acceptors (Lipinski definition) is 1. The van der Waals surface area contributed by atoms with Gasteiger partial charge in [0.2, 0.25) is 0 Å². The van der Waals surface area contributed by atoms with Gasteiger partial charge in [-0.25, -0.2) is 0 Å². The molecular weight excluding hydrogens is 178 g/mol. The Labute approximate surface area is 89.8 Å². The quantitative estimate of drug-likeness (QED) is 0.291. The minimum Gasteiger partial charge on any atom is -1.00 e. The Morgan fingerprint density at radius 1 is 1.50 bits per heavy atom. The minimum atomic E-state index is 0. The van der Waals surface area contributed by atoms with Crippen molar-refractivity contribution < 1.29 is 80.1 Å². The molecule has 0 saturated heterocycles. The van der Waals surface area contributed by atoms with Crippen LogP contribution in [0.15, 0.2) is 0 Å². The summed E-state index contributed by atoms with van der Waals surface area (Å²) in [5.41, 5.74) is 0. The SMILES string of the molecule is [C-]#N.[Cd].[H-].[K+]. The van der Waals surface area contributed by atoms with Gasteiger partial charge in [-0.15, -0.1) is 0 Å². The van der Waals surface area contributed by atoms with E-state index in [4.69, 9.17) is 11.8 Å². The molecular formula is CHCdKN-. The molecule has 0 aliphatic carbocycles. The third-order valence-electron chi connectivity index (χ3n) is 0. The maximum absolute atomic E-state index is 6.25. The van der Waals surface area contributed by atoms with Gasteiger partial charge in [0.15, 0.2) is 0 Å². The first-order valence-corrected chi connectivity index (χ1v) is 0.224. The van der Waals surface area contributed by atoms with Gasteiger partial charge in [-0.05, 0) is 0 Å². The molecule has 0 aromatic carbocycles. The molecule has 0 bridgehead atoms. The molecule has 0 amide bonds. The van der Waals surface area contributed by atoms with E-state index in [9.17, 15) is 0 Å². The van der Waals surface area contributed by atoms with Gasteiger partial charge < -0.3 is 13.3 Å². The Balaban J connectivity index is -0.00000000167. The molecule has 0 aromatic heterocycles. The summed E-state index contributed by atoms with van der Waals surface area (Å²) in [4.78, 5) is 0. The molecule has 0 atom stereocenters. The maximum Gasteiger partial charge on any atom is 1.00 e. The molecule has 0 aliphatic rings. The summed E-state index contributed by atoms with van der Waals surface area (Å²) in [7, 11) is 0. The summed E-state index contributed by atoms with van der Waals surface area (Å²) in [6.07, 6.45) is 0. The zero-order chi connectivity index (χ0) is 2.00. The number of nitrogens with zero attached hydrogens (tertiary/aromatic N) is 1. The maximum atomic E-state index is 6.25. The summed E-state index contributed by atoms with van der Waals surface area (Å²) < 4.78 is 0. The molecule has 0 aliphatic heterocycles. The molecule has 0 fully saturated rings. The van der Waals surface area contributed by atoms with Crippen LogP contribution in [0.4, 0.5) is 0 Å². The predicted octanol–water partition coefficient (Wildman–Crippen LogP) is -2.79. The van der Waals surface area contributed by atoms with Crippen LogP contribution in [0.25, 0.3) is 0 Å². The van der Waals surface area contributed by atoms with Crippen molar-refractivity contribution in [2.45, 2.75) is 0 Å². The number of rotatable bonds is 0. The van der Waals surface area contributed by atoms with Crippen molar-refractivity contribution in [1.82, 2.24) is 0 Å². The molecule has 0 rings (SSSR count). The largest absolute Gasteiger partial charge is 1.00 e. The van der Waals surface area contributed by atoms with Gasteiger partial charge in [0.25, 0.3) is 0 Å². The van der Waals surface area contributed by atoms with Crippen LogP contribution in [0.3, 0.4) is 0 Å². The molecule has 0 saturated carbocycles. The second-order valence-electron chi connectivity index (χ2n) is 0. The summed E-state index contributed by atoms with van der Waals surface area (Å²) in [5.74, 6) is 0. The Kier molecular flexibility index (Phi) is 81.8. The van der Waals surface area contributed by atoms with E-state index in [1.807, 2.05) is 0 Å². The van der Waals surface area contributed by atoms with Gasteiger partial charge in [0.05, 0.1) is 0 Å². The van der Waals surface area contributed by atoms with E-state index in [0.29, 0.717) is 0 Å². The first kappa shape index (κ1) is 16.6. The van der Waals surface area contributed by atoms with Crippen molar-refractivity contribution in [3.63, 3.8) is 0 Å². The number of hydrogen-bond donors (Lipinski definition) is 0.